The van der Waals surface area contributed by atoms with Gasteiger partial charge in [-0.15, -0.1) is 0 Å². The summed E-state index contributed by atoms with van der Waals surface area (Å²) < 4.78 is 33.4. The predicted octanol–water partition coefficient (Wildman–Crippen LogP) is 1.48. The Morgan fingerprint density at radius 1 is 1.28 bits per heavy atom. The van der Waals surface area contributed by atoms with Gasteiger partial charge in [0.25, 0.3) is 0 Å². The van der Waals surface area contributed by atoms with E-state index < -0.39 is 27.9 Å². The first kappa shape index (κ1) is 20.6. The molecule has 10 heteroatoms. The van der Waals surface area contributed by atoms with Crippen LogP contribution < -0.4 is 5.32 Å². The number of amides is 1. The highest BCUT2D eigenvalue weighted by molar-refractivity contribution is 7.89. The number of rotatable bonds is 5. The second-order valence-electron chi connectivity index (χ2n) is 6.62. The van der Waals surface area contributed by atoms with Gasteiger partial charge in [0.1, 0.15) is 16.6 Å². The van der Waals surface area contributed by atoms with E-state index in [9.17, 15) is 18.0 Å². The standard InChI is InChI=1S/C19H20N4O5S/c1-22-12-15(10-17(22)19(25)28-2)29(26,27)23-9-3-4-16(23)18(24)21-14-7-5-13(11-20)6-8-14/h5-8,10,12,16H,3-4,9H2,1-2H3,(H,21,24). The molecule has 1 fully saturated rings. The molecular formula is C19H20N4O5S. The van der Waals surface area contributed by atoms with Gasteiger partial charge in [0, 0.05) is 25.5 Å². The highest BCUT2D eigenvalue weighted by Crippen LogP contribution is 2.28. The van der Waals surface area contributed by atoms with Crippen LogP contribution in [0.2, 0.25) is 0 Å². The summed E-state index contributed by atoms with van der Waals surface area (Å²) in [5.74, 6) is -1.09. The Balaban J connectivity index is 1.82. The Kier molecular flexibility index (Phi) is 5.72. The lowest BCUT2D eigenvalue weighted by Gasteiger charge is -2.22. The molecule has 0 saturated carbocycles. The van der Waals surface area contributed by atoms with E-state index in [1.807, 2.05) is 6.07 Å². The maximum absolute atomic E-state index is 13.1. The molecule has 152 valence electrons. The predicted molar refractivity (Wildman–Crippen MR) is 103 cm³/mol. The van der Waals surface area contributed by atoms with E-state index >= 15 is 0 Å². The number of carbonyl (C=O) groups is 2. The zero-order valence-corrected chi connectivity index (χ0v) is 16.8. The molecule has 0 spiro atoms. The van der Waals surface area contributed by atoms with Gasteiger partial charge in [0.2, 0.25) is 15.9 Å². The number of benzene rings is 1. The minimum atomic E-state index is -3.98. The average molecular weight is 416 g/mol. The zero-order valence-electron chi connectivity index (χ0n) is 16.0. The van der Waals surface area contributed by atoms with Crippen LogP contribution in [0.4, 0.5) is 5.69 Å². The summed E-state index contributed by atoms with van der Waals surface area (Å²) in [5.41, 5.74) is 1.04. The highest BCUT2D eigenvalue weighted by Gasteiger charge is 2.40. The molecule has 0 bridgehead atoms. The van der Waals surface area contributed by atoms with Crippen molar-refractivity contribution >= 4 is 27.6 Å². The van der Waals surface area contributed by atoms with Crippen LogP contribution in [0.25, 0.3) is 0 Å². The summed E-state index contributed by atoms with van der Waals surface area (Å²) in [5, 5.41) is 11.5. The van der Waals surface area contributed by atoms with Crippen molar-refractivity contribution in [2.24, 2.45) is 7.05 Å². The van der Waals surface area contributed by atoms with Crippen LogP contribution in [0.5, 0.6) is 0 Å². The van der Waals surface area contributed by atoms with E-state index in [1.54, 1.807) is 31.3 Å². The molecule has 1 unspecified atom stereocenters. The van der Waals surface area contributed by atoms with Gasteiger partial charge in [-0.3, -0.25) is 4.79 Å². The summed E-state index contributed by atoms with van der Waals surface area (Å²) in [4.78, 5) is 24.4. The van der Waals surface area contributed by atoms with Gasteiger partial charge in [-0.25, -0.2) is 13.2 Å². The van der Waals surface area contributed by atoms with Crippen molar-refractivity contribution < 1.29 is 22.7 Å². The third-order valence-electron chi connectivity index (χ3n) is 4.77. The van der Waals surface area contributed by atoms with Crippen LogP contribution in [0.15, 0.2) is 41.4 Å². The summed E-state index contributed by atoms with van der Waals surface area (Å²) in [6.07, 6.45) is 2.26. The first-order chi connectivity index (χ1) is 13.8. The van der Waals surface area contributed by atoms with Gasteiger partial charge < -0.3 is 14.6 Å². The van der Waals surface area contributed by atoms with Crippen LogP contribution in [0, 0.1) is 11.3 Å². The van der Waals surface area contributed by atoms with Crippen LogP contribution in [0.1, 0.15) is 28.9 Å². The van der Waals surface area contributed by atoms with Crippen molar-refractivity contribution in [2.75, 3.05) is 19.0 Å². The zero-order chi connectivity index (χ0) is 21.2. The average Bonchev–Trinajstić information content (AvgIpc) is 3.35. The fourth-order valence-corrected chi connectivity index (χ4v) is 4.99. The molecule has 2 heterocycles. The van der Waals surface area contributed by atoms with Gasteiger partial charge in [-0.05, 0) is 43.2 Å². The lowest BCUT2D eigenvalue weighted by atomic mass is 10.2. The third kappa shape index (κ3) is 4.01. The molecule has 1 atom stereocenters. The molecular weight excluding hydrogens is 396 g/mol. The quantitative estimate of drug-likeness (QED) is 0.737. The minimum Gasteiger partial charge on any atom is -0.464 e. The van der Waals surface area contributed by atoms with Crippen LogP contribution in [0.3, 0.4) is 0 Å². The topological polar surface area (TPSA) is 122 Å². The molecule has 29 heavy (non-hydrogen) atoms. The van der Waals surface area contributed by atoms with Crippen molar-refractivity contribution in [3.8, 4) is 6.07 Å². The number of esters is 1. The summed E-state index contributed by atoms with van der Waals surface area (Å²) in [6.45, 7) is 0.205. The molecule has 3 rings (SSSR count). The number of ether oxygens (including phenoxy) is 1. The maximum Gasteiger partial charge on any atom is 0.354 e. The Morgan fingerprint density at radius 3 is 2.59 bits per heavy atom. The summed E-state index contributed by atoms with van der Waals surface area (Å²) >= 11 is 0. The number of nitriles is 1. The number of sulfonamides is 1. The van der Waals surface area contributed by atoms with E-state index in [2.05, 4.69) is 10.1 Å². The minimum absolute atomic E-state index is 0.0709. The lowest BCUT2D eigenvalue weighted by Crippen LogP contribution is -2.43. The molecule has 9 nitrogen and oxygen atoms in total. The van der Waals surface area contributed by atoms with Gasteiger partial charge in [-0.2, -0.15) is 9.57 Å². The second-order valence-corrected chi connectivity index (χ2v) is 8.51. The lowest BCUT2D eigenvalue weighted by molar-refractivity contribution is -0.119. The smallest absolute Gasteiger partial charge is 0.354 e. The van der Waals surface area contributed by atoms with Crippen molar-refractivity contribution in [3.05, 3.63) is 47.8 Å². The van der Waals surface area contributed by atoms with Crippen molar-refractivity contribution in [1.29, 1.82) is 5.26 Å². The number of carbonyl (C=O) groups excluding carboxylic acids is 2. The number of hydrogen-bond acceptors (Lipinski definition) is 6. The van der Waals surface area contributed by atoms with Crippen LogP contribution in [-0.4, -0.2) is 48.9 Å². The molecule has 1 aliphatic heterocycles. The van der Waals surface area contributed by atoms with E-state index in [4.69, 9.17) is 5.26 Å². The Morgan fingerprint density at radius 2 is 1.97 bits per heavy atom. The number of aryl methyl sites for hydroxylation is 1. The first-order valence-corrected chi connectivity index (χ1v) is 10.3. The summed E-state index contributed by atoms with van der Waals surface area (Å²) in [7, 11) is -1.22. The van der Waals surface area contributed by atoms with E-state index in [-0.39, 0.29) is 17.1 Å². The van der Waals surface area contributed by atoms with Gasteiger partial charge in [0.05, 0.1) is 18.7 Å². The second kappa shape index (κ2) is 8.06. The molecule has 1 saturated heterocycles. The van der Waals surface area contributed by atoms with Crippen molar-refractivity contribution in [1.82, 2.24) is 8.87 Å². The fraction of sp³-hybridized carbons (Fsp3) is 0.316. The number of nitrogens with zero attached hydrogens (tertiary/aromatic N) is 3. The Hall–Kier alpha value is -3.16. The molecule has 0 aliphatic carbocycles. The van der Waals surface area contributed by atoms with E-state index in [0.29, 0.717) is 24.1 Å². The van der Waals surface area contributed by atoms with E-state index in [1.165, 1.54) is 23.9 Å². The van der Waals surface area contributed by atoms with Crippen LogP contribution >= 0.6 is 0 Å². The van der Waals surface area contributed by atoms with Gasteiger partial charge in [-0.1, -0.05) is 0 Å². The molecule has 0 radical (unpaired) electrons. The van der Waals surface area contributed by atoms with Crippen LogP contribution in [-0.2, 0) is 26.6 Å². The molecule has 1 N–H and O–H groups in total. The van der Waals surface area contributed by atoms with Crippen molar-refractivity contribution in [2.45, 2.75) is 23.8 Å². The number of hydrogen-bond donors (Lipinski definition) is 1. The Bertz CT molecular complexity index is 1080. The van der Waals surface area contributed by atoms with Crippen molar-refractivity contribution in [3.63, 3.8) is 0 Å². The fourth-order valence-electron chi connectivity index (χ4n) is 3.26. The Labute approximate surface area is 168 Å². The van der Waals surface area contributed by atoms with Gasteiger partial charge >= 0.3 is 5.97 Å². The molecule has 1 aromatic heterocycles. The molecule has 2 aromatic rings. The third-order valence-corrected chi connectivity index (χ3v) is 6.64. The monoisotopic (exact) mass is 416 g/mol. The first-order valence-electron chi connectivity index (χ1n) is 8.85. The van der Waals surface area contributed by atoms with E-state index in [0.717, 1.165) is 4.31 Å². The number of methoxy groups -OCH3 is 1. The number of aromatic nitrogens is 1. The number of nitrogens with one attached hydrogen (secondary N) is 1. The summed E-state index contributed by atoms with van der Waals surface area (Å²) in [6, 6.07) is 8.68. The normalized spacial score (nSPS) is 16.9. The molecule has 1 amide bonds. The maximum atomic E-state index is 13.1. The number of anilines is 1. The van der Waals surface area contributed by atoms with Gasteiger partial charge in [0.15, 0.2) is 0 Å². The SMILES string of the molecule is COC(=O)c1cc(S(=O)(=O)N2CCCC2C(=O)Nc2ccc(C#N)cc2)cn1C. The largest absolute Gasteiger partial charge is 0.464 e. The molecule has 1 aliphatic rings. The molecule has 1 aromatic carbocycles. The highest BCUT2D eigenvalue weighted by atomic mass is 32.2.